The Kier molecular flexibility index (Phi) is 4.42. The standard InChI is InChI=1S/C22H18N2O3/c1-27-16-9-10-20-19(14-16)15(11-12-23-20)6-4-5-13-24-21(25)17-7-2-3-8-18(17)22(24)26/h2-4,6-12,14H,5,13H2,1H3/b6-4+. The first-order valence-electron chi connectivity index (χ1n) is 8.73. The normalized spacial score (nSPS) is 13.6. The van der Waals surface area contributed by atoms with Crippen LogP contribution < -0.4 is 4.74 Å². The van der Waals surface area contributed by atoms with E-state index in [1.165, 1.54) is 4.90 Å². The van der Waals surface area contributed by atoms with Crippen LogP contribution in [0.15, 0.2) is 60.8 Å². The van der Waals surface area contributed by atoms with Gasteiger partial charge in [0.1, 0.15) is 5.75 Å². The highest BCUT2D eigenvalue weighted by Gasteiger charge is 2.34. The summed E-state index contributed by atoms with van der Waals surface area (Å²) in [6.07, 6.45) is 6.30. The number of benzene rings is 2. The first-order valence-corrected chi connectivity index (χ1v) is 8.73. The highest BCUT2D eigenvalue weighted by molar-refractivity contribution is 6.21. The quantitative estimate of drug-likeness (QED) is 0.648. The van der Waals surface area contributed by atoms with Gasteiger partial charge in [-0.25, -0.2) is 0 Å². The van der Waals surface area contributed by atoms with Gasteiger partial charge in [0.15, 0.2) is 0 Å². The summed E-state index contributed by atoms with van der Waals surface area (Å²) in [4.78, 5) is 30.4. The van der Waals surface area contributed by atoms with Crippen molar-refractivity contribution in [2.75, 3.05) is 13.7 Å². The molecule has 3 aromatic rings. The van der Waals surface area contributed by atoms with E-state index in [0.717, 1.165) is 22.2 Å². The maximum atomic E-state index is 12.4. The van der Waals surface area contributed by atoms with Gasteiger partial charge in [-0.3, -0.25) is 19.5 Å². The summed E-state index contributed by atoms with van der Waals surface area (Å²) in [5.74, 6) is 0.336. The summed E-state index contributed by atoms with van der Waals surface area (Å²) in [7, 11) is 1.63. The highest BCUT2D eigenvalue weighted by atomic mass is 16.5. The minimum Gasteiger partial charge on any atom is -0.497 e. The number of hydrogen-bond acceptors (Lipinski definition) is 4. The molecule has 2 amide bonds. The van der Waals surface area contributed by atoms with Crippen molar-refractivity contribution in [1.29, 1.82) is 0 Å². The fraction of sp³-hybridized carbons (Fsp3) is 0.136. The van der Waals surface area contributed by atoms with E-state index in [0.29, 0.717) is 24.1 Å². The molecule has 5 nitrogen and oxygen atoms in total. The van der Waals surface area contributed by atoms with Gasteiger partial charge in [-0.05, 0) is 48.4 Å². The summed E-state index contributed by atoms with van der Waals surface area (Å²) in [5.41, 5.74) is 2.87. The van der Waals surface area contributed by atoms with Crippen molar-refractivity contribution in [2.45, 2.75) is 6.42 Å². The molecule has 0 radical (unpaired) electrons. The molecular weight excluding hydrogens is 340 g/mol. The van der Waals surface area contributed by atoms with Crippen molar-refractivity contribution in [2.24, 2.45) is 0 Å². The number of rotatable bonds is 5. The first-order chi connectivity index (χ1) is 13.2. The van der Waals surface area contributed by atoms with Crippen LogP contribution in [0, 0.1) is 0 Å². The summed E-state index contributed by atoms with van der Waals surface area (Å²) in [6.45, 7) is 0.356. The second-order valence-corrected chi connectivity index (χ2v) is 6.28. The van der Waals surface area contributed by atoms with Crippen LogP contribution >= 0.6 is 0 Å². The number of fused-ring (bicyclic) bond motifs is 2. The Bertz CT molecular complexity index is 1040. The number of hydrogen-bond donors (Lipinski definition) is 0. The van der Waals surface area contributed by atoms with Gasteiger partial charge in [-0.15, -0.1) is 0 Å². The van der Waals surface area contributed by atoms with Gasteiger partial charge < -0.3 is 4.74 Å². The zero-order valence-corrected chi connectivity index (χ0v) is 14.9. The molecular formula is C22H18N2O3. The average molecular weight is 358 g/mol. The smallest absolute Gasteiger partial charge is 0.261 e. The number of nitrogens with zero attached hydrogens (tertiary/aromatic N) is 2. The van der Waals surface area contributed by atoms with Gasteiger partial charge in [0.2, 0.25) is 0 Å². The average Bonchev–Trinajstić information content (AvgIpc) is 2.95. The Morgan fingerprint density at radius 3 is 2.48 bits per heavy atom. The van der Waals surface area contributed by atoms with Crippen molar-refractivity contribution < 1.29 is 14.3 Å². The first kappa shape index (κ1) is 17.0. The van der Waals surface area contributed by atoms with Crippen molar-refractivity contribution >= 4 is 28.8 Å². The topological polar surface area (TPSA) is 59.5 Å². The molecule has 5 heteroatoms. The van der Waals surface area contributed by atoms with Crippen LogP contribution in [0.2, 0.25) is 0 Å². The molecule has 1 aromatic heterocycles. The molecule has 4 rings (SSSR count). The minimum atomic E-state index is -0.219. The Balaban J connectivity index is 1.49. The van der Waals surface area contributed by atoms with E-state index in [1.54, 1.807) is 37.6 Å². The number of ether oxygens (including phenoxy) is 1. The van der Waals surface area contributed by atoms with Crippen LogP contribution in [0.4, 0.5) is 0 Å². The lowest BCUT2D eigenvalue weighted by molar-refractivity contribution is 0.0657. The fourth-order valence-corrected chi connectivity index (χ4v) is 3.28. The second kappa shape index (κ2) is 7.03. The van der Waals surface area contributed by atoms with Crippen molar-refractivity contribution in [3.63, 3.8) is 0 Å². The molecule has 1 aliphatic rings. The summed E-state index contributed by atoms with van der Waals surface area (Å²) in [5, 5.41) is 0.994. The monoisotopic (exact) mass is 358 g/mol. The predicted octanol–water partition coefficient (Wildman–Crippen LogP) is 3.94. The van der Waals surface area contributed by atoms with E-state index in [2.05, 4.69) is 4.98 Å². The highest BCUT2D eigenvalue weighted by Crippen LogP contribution is 2.24. The molecule has 0 atom stereocenters. The third-order valence-corrected chi connectivity index (χ3v) is 4.68. The zero-order valence-electron chi connectivity index (χ0n) is 14.9. The lowest BCUT2D eigenvalue weighted by atomic mass is 10.1. The van der Waals surface area contributed by atoms with Gasteiger partial charge in [0.05, 0.1) is 23.8 Å². The van der Waals surface area contributed by atoms with E-state index >= 15 is 0 Å². The van der Waals surface area contributed by atoms with Gasteiger partial charge in [0, 0.05) is 18.1 Å². The molecule has 0 unspecified atom stereocenters. The van der Waals surface area contributed by atoms with E-state index in [1.807, 2.05) is 36.4 Å². The number of aromatic nitrogens is 1. The molecule has 2 heterocycles. The molecule has 0 fully saturated rings. The Morgan fingerprint density at radius 1 is 1.04 bits per heavy atom. The van der Waals surface area contributed by atoms with Gasteiger partial charge >= 0.3 is 0 Å². The van der Waals surface area contributed by atoms with Gasteiger partial charge in [0.25, 0.3) is 11.8 Å². The van der Waals surface area contributed by atoms with Crippen LogP contribution in [0.5, 0.6) is 5.75 Å². The molecule has 2 aromatic carbocycles. The van der Waals surface area contributed by atoms with Crippen LogP contribution in [0.3, 0.4) is 0 Å². The minimum absolute atomic E-state index is 0.219. The van der Waals surface area contributed by atoms with Crippen molar-refractivity contribution in [3.8, 4) is 5.75 Å². The Hall–Kier alpha value is -3.47. The maximum absolute atomic E-state index is 12.4. The lowest BCUT2D eigenvalue weighted by Gasteiger charge is -2.12. The molecule has 0 bridgehead atoms. The van der Waals surface area contributed by atoms with Crippen molar-refractivity contribution in [1.82, 2.24) is 9.88 Å². The van der Waals surface area contributed by atoms with Crippen LogP contribution in [-0.2, 0) is 0 Å². The number of carbonyl (C=O) groups excluding carboxylic acids is 2. The number of pyridine rings is 1. The van der Waals surface area contributed by atoms with Crippen molar-refractivity contribution in [3.05, 3.63) is 77.5 Å². The predicted molar refractivity (Wildman–Crippen MR) is 104 cm³/mol. The number of carbonyl (C=O) groups is 2. The van der Waals surface area contributed by atoms with E-state index in [4.69, 9.17) is 4.74 Å². The van der Waals surface area contributed by atoms with E-state index < -0.39 is 0 Å². The zero-order chi connectivity index (χ0) is 18.8. The molecule has 0 N–H and O–H groups in total. The molecule has 134 valence electrons. The SMILES string of the molecule is COc1ccc2nccc(/C=C/CCN3C(=O)c4ccccc4C3=O)c2c1. The lowest BCUT2D eigenvalue weighted by Crippen LogP contribution is -2.30. The third kappa shape index (κ3) is 3.08. The molecule has 0 spiro atoms. The van der Waals surface area contributed by atoms with Gasteiger partial charge in [-0.1, -0.05) is 24.3 Å². The number of amides is 2. The maximum Gasteiger partial charge on any atom is 0.261 e. The van der Waals surface area contributed by atoms with Crippen LogP contribution in [0.1, 0.15) is 32.7 Å². The molecule has 1 aliphatic heterocycles. The third-order valence-electron chi connectivity index (χ3n) is 4.68. The largest absolute Gasteiger partial charge is 0.497 e. The number of methoxy groups -OCH3 is 1. The summed E-state index contributed by atoms with van der Waals surface area (Å²) in [6, 6.07) is 14.6. The summed E-state index contributed by atoms with van der Waals surface area (Å²) < 4.78 is 5.29. The van der Waals surface area contributed by atoms with E-state index in [-0.39, 0.29) is 11.8 Å². The van der Waals surface area contributed by atoms with E-state index in [9.17, 15) is 9.59 Å². The molecule has 0 saturated heterocycles. The second-order valence-electron chi connectivity index (χ2n) is 6.28. The molecule has 0 aliphatic carbocycles. The molecule has 27 heavy (non-hydrogen) atoms. The fourth-order valence-electron chi connectivity index (χ4n) is 3.28. The number of imide groups is 1. The van der Waals surface area contributed by atoms with Crippen LogP contribution in [0.25, 0.3) is 17.0 Å². The van der Waals surface area contributed by atoms with Gasteiger partial charge in [-0.2, -0.15) is 0 Å². The molecule has 0 saturated carbocycles. The summed E-state index contributed by atoms with van der Waals surface area (Å²) >= 11 is 0. The van der Waals surface area contributed by atoms with Crippen LogP contribution in [-0.4, -0.2) is 35.4 Å². The Morgan fingerprint density at radius 2 is 1.78 bits per heavy atom. The Labute approximate surface area is 156 Å².